The number of rotatable bonds is 6. The van der Waals surface area contributed by atoms with Gasteiger partial charge in [0.2, 0.25) is 10.0 Å². The van der Waals surface area contributed by atoms with Crippen LogP contribution < -0.4 is 4.72 Å². The first kappa shape index (κ1) is 19.4. The summed E-state index contributed by atoms with van der Waals surface area (Å²) in [6, 6.07) is 10.3. The Hall–Kier alpha value is -2.38. The van der Waals surface area contributed by atoms with E-state index in [2.05, 4.69) is 46.4 Å². The zero-order chi connectivity index (χ0) is 19.8. The van der Waals surface area contributed by atoms with Crippen LogP contribution in [0.2, 0.25) is 0 Å². The Morgan fingerprint density at radius 3 is 2.52 bits per heavy atom. The van der Waals surface area contributed by atoms with Crippen molar-refractivity contribution in [2.75, 3.05) is 0 Å². The summed E-state index contributed by atoms with van der Waals surface area (Å²) < 4.78 is 31.9. The zero-order valence-electron chi connectivity index (χ0n) is 16.4. The monoisotopic (exact) mass is 386 g/mol. The fourth-order valence-corrected chi connectivity index (χ4v) is 4.74. The maximum Gasteiger partial charge on any atom is 0.244 e. The van der Waals surface area contributed by atoms with E-state index in [1.807, 2.05) is 18.3 Å². The summed E-state index contributed by atoms with van der Waals surface area (Å²) >= 11 is 0. The van der Waals surface area contributed by atoms with Crippen molar-refractivity contribution in [3.05, 3.63) is 70.3 Å². The van der Waals surface area contributed by atoms with Crippen LogP contribution in [0.3, 0.4) is 0 Å². The molecular weight excluding hydrogens is 360 g/mol. The fourth-order valence-electron chi connectivity index (χ4n) is 3.30. The van der Waals surface area contributed by atoms with Crippen LogP contribution in [-0.4, -0.2) is 22.8 Å². The van der Waals surface area contributed by atoms with Crippen LogP contribution in [0.1, 0.15) is 33.8 Å². The molecule has 0 aliphatic rings. The molecule has 3 aromatic rings. The first-order valence-corrected chi connectivity index (χ1v) is 10.4. The van der Waals surface area contributed by atoms with Crippen LogP contribution in [0.4, 0.5) is 0 Å². The molecule has 1 aromatic carbocycles. The van der Waals surface area contributed by atoms with Crippen LogP contribution in [0.5, 0.6) is 0 Å². The van der Waals surface area contributed by atoms with Gasteiger partial charge >= 0.3 is 0 Å². The van der Waals surface area contributed by atoms with Gasteiger partial charge in [-0.3, -0.25) is 4.68 Å². The third kappa shape index (κ3) is 3.99. The van der Waals surface area contributed by atoms with Crippen molar-refractivity contribution in [1.82, 2.24) is 19.1 Å². The normalized spacial score (nSPS) is 11.9. The van der Waals surface area contributed by atoms with Crippen molar-refractivity contribution in [2.24, 2.45) is 7.05 Å². The standard InChI is InChI=1S/C20H26N4O2S/c1-14-8-9-15(2)18(11-14)13-24-10-6-7-19(24)12-21-27(25,26)20-16(3)22-23(5)17(20)4/h6-11,21H,12-13H2,1-5H3. The van der Waals surface area contributed by atoms with E-state index in [0.717, 1.165) is 5.69 Å². The third-order valence-corrected chi connectivity index (χ3v) is 6.58. The van der Waals surface area contributed by atoms with Crippen LogP contribution in [0.25, 0.3) is 0 Å². The van der Waals surface area contributed by atoms with E-state index in [4.69, 9.17) is 0 Å². The predicted octanol–water partition coefficient (Wildman–Crippen LogP) is 2.98. The summed E-state index contributed by atoms with van der Waals surface area (Å²) in [5.41, 5.74) is 5.72. The van der Waals surface area contributed by atoms with Crippen LogP contribution in [0, 0.1) is 27.7 Å². The molecule has 6 nitrogen and oxygen atoms in total. The molecule has 0 aliphatic heterocycles. The summed E-state index contributed by atoms with van der Waals surface area (Å²) in [7, 11) is -1.88. The molecule has 0 radical (unpaired) electrons. The summed E-state index contributed by atoms with van der Waals surface area (Å²) in [4.78, 5) is 0.262. The lowest BCUT2D eigenvalue weighted by atomic mass is 10.1. The quantitative estimate of drug-likeness (QED) is 0.708. The maximum absolute atomic E-state index is 12.8. The lowest BCUT2D eigenvalue weighted by molar-refractivity contribution is 0.576. The summed E-state index contributed by atoms with van der Waals surface area (Å²) in [6.45, 7) is 8.58. The van der Waals surface area contributed by atoms with Crippen molar-refractivity contribution >= 4 is 10.0 Å². The zero-order valence-corrected chi connectivity index (χ0v) is 17.3. The minimum atomic E-state index is -3.63. The Kier molecular flexibility index (Phi) is 5.26. The maximum atomic E-state index is 12.8. The van der Waals surface area contributed by atoms with Crippen molar-refractivity contribution in [3.63, 3.8) is 0 Å². The molecule has 7 heteroatoms. The highest BCUT2D eigenvalue weighted by molar-refractivity contribution is 7.89. The Morgan fingerprint density at radius 1 is 1.11 bits per heavy atom. The SMILES string of the molecule is Cc1ccc(C)c(Cn2cccc2CNS(=O)(=O)c2c(C)nn(C)c2C)c1. The fraction of sp³-hybridized carbons (Fsp3) is 0.350. The predicted molar refractivity (Wildman–Crippen MR) is 106 cm³/mol. The summed E-state index contributed by atoms with van der Waals surface area (Å²) in [6.07, 6.45) is 1.98. The van der Waals surface area contributed by atoms with E-state index in [1.54, 1.807) is 25.6 Å². The molecule has 2 heterocycles. The molecule has 0 unspecified atom stereocenters. The molecular formula is C20H26N4O2S. The van der Waals surface area contributed by atoms with Crippen molar-refractivity contribution in [2.45, 2.75) is 45.7 Å². The molecule has 0 spiro atoms. The number of sulfonamides is 1. The van der Waals surface area contributed by atoms with E-state index >= 15 is 0 Å². The van der Waals surface area contributed by atoms with Crippen LogP contribution in [0.15, 0.2) is 41.4 Å². The van der Waals surface area contributed by atoms with Gasteiger partial charge in [-0.25, -0.2) is 13.1 Å². The number of nitrogens with one attached hydrogen (secondary N) is 1. The molecule has 1 N–H and O–H groups in total. The van der Waals surface area contributed by atoms with Gasteiger partial charge in [-0.1, -0.05) is 23.8 Å². The van der Waals surface area contributed by atoms with Crippen LogP contribution in [-0.2, 0) is 30.2 Å². The molecule has 0 fully saturated rings. The number of hydrogen-bond acceptors (Lipinski definition) is 3. The van der Waals surface area contributed by atoms with E-state index in [-0.39, 0.29) is 11.4 Å². The Bertz CT molecular complexity index is 1080. The minimum Gasteiger partial charge on any atom is -0.346 e. The first-order valence-electron chi connectivity index (χ1n) is 8.89. The van der Waals surface area contributed by atoms with Gasteiger partial charge < -0.3 is 4.57 Å². The minimum absolute atomic E-state index is 0.230. The average molecular weight is 387 g/mol. The molecule has 3 rings (SSSR count). The first-order chi connectivity index (χ1) is 12.7. The van der Waals surface area contributed by atoms with Crippen molar-refractivity contribution < 1.29 is 8.42 Å². The molecule has 27 heavy (non-hydrogen) atoms. The average Bonchev–Trinajstić information content (AvgIpc) is 3.13. The molecule has 0 amide bonds. The summed E-state index contributed by atoms with van der Waals surface area (Å²) in [5.74, 6) is 0. The van der Waals surface area contributed by atoms with Gasteiger partial charge in [0.05, 0.1) is 17.9 Å². The molecule has 0 bridgehead atoms. The van der Waals surface area contributed by atoms with Gasteiger partial charge in [-0.2, -0.15) is 5.10 Å². The third-order valence-electron chi connectivity index (χ3n) is 4.92. The van der Waals surface area contributed by atoms with E-state index in [0.29, 0.717) is 17.9 Å². The van der Waals surface area contributed by atoms with Gasteiger partial charge in [0.1, 0.15) is 4.90 Å². The topological polar surface area (TPSA) is 68.9 Å². The highest BCUT2D eigenvalue weighted by Gasteiger charge is 2.23. The van der Waals surface area contributed by atoms with E-state index in [1.165, 1.54) is 16.7 Å². The second-order valence-corrected chi connectivity index (χ2v) is 8.71. The molecule has 0 atom stereocenters. The van der Waals surface area contributed by atoms with Gasteiger partial charge in [-0.05, 0) is 51.0 Å². The van der Waals surface area contributed by atoms with E-state index in [9.17, 15) is 8.42 Å². The van der Waals surface area contributed by atoms with Crippen molar-refractivity contribution in [1.29, 1.82) is 0 Å². The number of aryl methyl sites for hydroxylation is 4. The molecule has 0 aliphatic carbocycles. The number of benzene rings is 1. The van der Waals surface area contributed by atoms with E-state index < -0.39 is 10.0 Å². The van der Waals surface area contributed by atoms with Crippen molar-refractivity contribution in [3.8, 4) is 0 Å². The lowest BCUT2D eigenvalue weighted by Crippen LogP contribution is -2.25. The summed E-state index contributed by atoms with van der Waals surface area (Å²) in [5, 5.41) is 4.21. The van der Waals surface area contributed by atoms with Gasteiger partial charge in [-0.15, -0.1) is 0 Å². The highest BCUT2D eigenvalue weighted by Crippen LogP contribution is 2.19. The number of nitrogens with zero attached hydrogens (tertiary/aromatic N) is 3. The second kappa shape index (κ2) is 7.32. The number of aromatic nitrogens is 3. The molecule has 0 saturated heterocycles. The van der Waals surface area contributed by atoms with Gasteiger partial charge in [0, 0.05) is 25.5 Å². The Labute approximate surface area is 160 Å². The molecule has 2 aromatic heterocycles. The highest BCUT2D eigenvalue weighted by atomic mass is 32.2. The van der Waals surface area contributed by atoms with Crippen LogP contribution >= 0.6 is 0 Å². The number of hydrogen-bond donors (Lipinski definition) is 1. The van der Waals surface area contributed by atoms with Gasteiger partial charge in [0.25, 0.3) is 0 Å². The largest absolute Gasteiger partial charge is 0.346 e. The molecule has 144 valence electrons. The molecule has 0 saturated carbocycles. The Morgan fingerprint density at radius 2 is 1.85 bits per heavy atom. The lowest BCUT2D eigenvalue weighted by Gasteiger charge is -2.13. The Balaban J connectivity index is 1.80. The van der Waals surface area contributed by atoms with Gasteiger partial charge in [0.15, 0.2) is 0 Å². The smallest absolute Gasteiger partial charge is 0.244 e. The second-order valence-electron chi connectivity index (χ2n) is 7.01.